The number of fused-ring (bicyclic) bond motifs is 1. The van der Waals surface area contributed by atoms with Crippen LogP contribution >= 0.6 is 0 Å². The topological polar surface area (TPSA) is 102 Å². The average Bonchev–Trinajstić information content (AvgIpc) is 3.82. The van der Waals surface area contributed by atoms with E-state index in [1.165, 1.54) is 12.8 Å². The van der Waals surface area contributed by atoms with Crippen molar-refractivity contribution in [2.45, 2.75) is 38.3 Å². The molecule has 0 radical (unpaired) electrons. The summed E-state index contributed by atoms with van der Waals surface area (Å²) in [6, 6.07) is 20.9. The number of aromatic nitrogens is 1. The maximum Gasteiger partial charge on any atom is 0.318 e. The Hall–Kier alpha value is -4.70. The molecular weight excluding hydrogens is 592 g/mol. The number of para-hydroxylation sites is 1. The van der Waals surface area contributed by atoms with Crippen LogP contribution in [0.25, 0.3) is 10.9 Å². The zero-order valence-electron chi connectivity index (χ0n) is 27.8. The van der Waals surface area contributed by atoms with Gasteiger partial charge >= 0.3 is 6.03 Å². The molecule has 2 heterocycles. The van der Waals surface area contributed by atoms with E-state index in [2.05, 4.69) is 25.4 Å². The third-order valence-corrected chi connectivity index (χ3v) is 9.15. The van der Waals surface area contributed by atoms with Crippen LogP contribution in [0.15, 0.2) is 72.9 Å². The first-order valence-corrected chi connectivity index (χ1v) is 16.5. The number of nitrogens with zero attached hydrogens (tertiary/aromatic N) is 3. The fourth-order valence-electron chi connectivity index (χ4n) is 6.22. The fraction of sp³-hybridized carbons (Fsp3) is 0.405. The van der Waals surface area contributed by atoms with Crippen LogP contribution in [-0.4, -0.2) is 86.8 Å². The minimum atomic E-state index is -0.838. The van der Waals surface area contributed by atoms with Gasteiger partial charge in [-0.05, 0) is 86.4 Å². The highest BCUT2D eigenvalue weighted by Crippen LogP contribution is 2.34. The van der Waals surface area contributed by atoms with Gasteiger partial charge in [0, 0.05) is 61.4 Å². The lowest BCUT2D eigenvalue weighted by Gasteiger charge is -2.37. The van der Waals surface area contributed by atoms with Crippen LogP contribution in [0.4, 0.5) is 16.2 Å². The molecule has 47 heavy (non-hydrogen) atoms. The summed E-state index contributed by atoms with van der Waals surface area (Å²) in [6.45, 7) is 5.81. The number of carbonyl (C=O) groups excluding carboxylic acids is 2. The number of anilines is 2. The molecule has 2 aliphatic rings. The highest BCUT2D eigenvalue weighted by molar-refractivity contribution is 5.99. The number of benzene rings is 3. The average molecular weight is 639 g/mol. The second kappa shape index (κ2) is 14.4. The summed E-state index contributed by atoms with van der Waals surface area (Å²) < 4.78 is 11.5. The van der Waals surface area contributed by atoms with Crippen molar-refractivity contribution in [3.05, 3.63) is 84.1 Å². The SMILES string of the molecule is COc1ccc(N2CCN(C(=O)NC(C(=O)Nc3cc(CN(C)C)ccc3OCC3CC3)C(C)c3c[nH]c4ccccc34)CC2)cc1. The van der Waals surface area contributed by atoms with E-state index in [-0.39, 0.29) is 17.9 Å². The molecule has 0 spiro atoms. The van der Waals surface area contributed by atoms with Gasteiger partial charge in [-0.3, -0.25) is 4.79 Å². The van der Waals surface area contributed by atoms with Gasteiger partial charge in [0.05, 0.1) is 19.4 Å². The van der Waals surface area contributed by atoms with Crippen molar-refractivity contribution < 1.29 is 19.1 Å². The van der Waals surface area contributed by atoms with E-state index in [1.807, 2.05) is 93.9 Å². The van der Waals surface area contributed by atoms with Gasteiger partial charge in [0.15, 0.2) is 0 Å². The van der Waals surface area contributed by atoms with Gasteiger partial charge in [0.2, 0.25) is 5.91 Å². The molecule has 1 aliphatic heterocycles. The fourth-order valence-corrected chi connectivity index (χ4v) is 6.22. The number of H-pyrrole nitrogens is 1. The zero-order chi connectivity index (χ0) is 32.9. The van der Waals surface area contributed by atoms with Crippen LogP contribution in [0, 0.1) is 5.92 Å². The molecule has 1 aliphatic carbocycles. The number of nitrogens with one attached hydrogen (secondary N) is 3. The third kappa shape index (κ3) is 7.82. The van der Waals surface area contributed by atoms with Crippen LogP contribution in [-0.2, 0) is 11.3 Å². The first kappa shape index (κ1) is 32.2. The minimum absolute atomic E-state index is 0.252. The predicted molar refractivity (Wildman–Crippen MR) is 186 cm³/mol. The van der Waals surface area contributed by atoms with Crippen molar-refractivity contribution in [3.63, 3.8) is 0 Å². The van der Waals surface area contributed by atoms with Crippen LogP contribution in [0.2, 0.25) is 0 Å². The smallest absolute Gasteiger partial charge is 0.318 e. The number of amides is 3. The number of hydrogen-bond donors (Lipinski definition) is 3. The van der Waals surface area contributed by atoms with E-state index in [1.54, 1.807) is 12.0 Å². The third-order valence-electron chi connectivity index (χ3n) is 9.15. The molecule has 0 bridgehead atoms. The number of carbonyl (C=O) groups is 2. The molecule has 248 valence electrons. The number of methoxy groups -OCH3 is 1. The lowest BCUT2D eigenvalue weighted by molar-refractivity contribution is -0.118. The number of piperazine rings is 1. The summed E-state index contributed by atoms with van der Waals surface area (Å²) in [5, 5.41) is 7.32. The van der Waals surface area contributed by atoms with E-state index >= 15 is 0 Å². The highest BCUT2D eigenvalue weighted by atomic mass is 16.5. The quantitative estimate of drug-likeness (QED) is 0.185. The number of urea groups is 1. The van der Waals surface area contributed by atoms with Gasteiger partial charge in [-0.25, -0.2) is 4.79 Å². The van der Waals surface area contributed by atoms with E-state index in [9.17, 15) is 9.59 Å². The zero-order valence-corrected chi connectivity index (χ0v) is 27.8. The molecule has 2 atom stereocenters. The second-order valence-corrected chi connectivity index (χ2v) is 13.0. The summed E-state index contributed by atoms with van der Waals surface area (Å²) in [7, 11) is 5.69. The molecule has 2 fully saturated rings. The lowest BCUT2D eigenvalue weighted by atomic mass is 9.92. The Bertz CT molecular complexity index is 1670. The van der Waals surface area contributed by atoms with Crippen molar-refractivity contribution in [2.24, 2.45) is 5.92 Å². The van der Waals surface area contributed by atoms with Crippen LogP contribution in [0.1, 0.15) is 36.8 Å². The van der Waals surface area contributed by atoms with Crippen LogP contribution < -0.4 is 25.0 Å². The van der Waals surface area contributed by atoms with Crippen LogP contribution in [0.5, 0.6) is 11.5 Å². The molecule has 3 amide bonds. The van der Waals surface area contributed by atoms with E-state index in [0.29, 0.717) is 50.1 Å². The van der Waals surface area contributed by atoms with Gasteiger partial charge in [-0.1, -0.05) is 31.2 Å². The first-order valence-electron chi connectivity index (χ1n) is 16.5. The molecular formula is C37H46N6O4. The van der Waals surface area contributed by atoms with Crippen molar-refractivity contribution in [3.8, 4) is 11.5 Å². The molecule has 2 unspecified atom stereocenters. The Morgan fingerprint density at radius 1 is 1.00 bits per heavy atom. The van der Waals surface area contributed by atoms with Crippen molar-refractivity contribution in [1.82, 2.24) is 20.1 Å². The van der Waals surface area contributed by atoms with Gasteiger partial charge in [0.25, 0.3) is 0 Å². The molecule has 6 rings (SSSR count). The van der Waals surface area contributed by atoms with Gasteiger partial charge < -0.3 is 39.8 Å². The van der Waals surface area contributed by atoms with E-state index < -0.39 is 6.04 Å². The Morgan fingerprint density at radius 3 is 2.45 bits per heavy atom. The predicted octanol–water partition coefficient (Wildman–Crippen LogP) is 5.67. The standard InChI is InChI=1S/C37H46N6O4/c1-25(31-22-38-32-8-6-5-7-30(31)32)35(40-37(45)43-19-17-42(18-20-43)28-12-14-29(46-4)15-13-28)36(44)39-33-21-27(23-41(2)3)11-16-34(33)47-24-26-9-10-26/h5-8,11-16,21-22,25-26,35,38H,9-10,17-20,23-24H2,1-4H3,(H,39,44)(H,40,45). The molecule has 10 heteroatoms. The number of aromatic amines is 1. The number of ether oxygens (including phenoxy) is 2. The molecule has 3 N–H and O–H groups in total. The maximum atomic E-state index is 14.3. The second-order valence-electron chi connectivity index (χ2n) is 13.0. The number of rotatable bonds is 12. The Kier molecular flexibility index (Phi) is 9.87. The number of hydrogen-bond acceptors (Lipinski definition) is 6. The summed E-state index contributed by atoms with van der Waals surface area (Å²) >= 11 is 0. The monoisotopic (exact) mass is 638 g/mol. The lowest BCUT2D eigenvalue weighted by Crippen LogP contribution is -2.56. The largest absolute Gasteiger partial charge is 0.497 e. The highest BCUT2D eigenvalue weighted by Gasteiger charge is 2.33. The van der Waals surface area contributed by atoms with Crippen molar-refractivity contribution in [1.29, 1.82) is 0 Å². The van der Waals surface area contributed by atoms with Crippen molar-refractivity contribution in [2.75, 3.05) is 64.2 Å². The summed E-state index contributed by atoms with van der Waals surface area (Å²) in [5.41, 5.74) is 4.73. The first-order chi connectivity index (χ1) is 22.8. The van der Waals surface area contributed by atoms with Crippen LogP contribution in [0.3, 0.4) is 0 Å². The van der Waals surface area contributed by atoms with E-state index in [0.717, 1.165) is 40.0 Å². The van der Waals surface area contributed by atoms with Gasteiger partial charge in [-0.2, -0.15) is 0 Å². The molecule has 1 saturated carbocycles. The summed E-state index contributed by atoms with van der Waals surface area (Å²) in [6.07, 6.45) is 4.29. The maximum absolute atomic E-state index is 14.3. The molecule has 1 saturated heterocycles. The molecule has 4 aromatic rings. The van der Waals surface area contributed by atoms with Gasteiger partial charge in [0.1, 0.15) is 17.5 Å². The van der Waals surface area contributed by atoms with Crippen molar-refractivity contribution >= 4 is 34.2 Å². The minimum Gasteiger partial charge on any atom is -0.497 e. The Balaban J connectivity index is 1.22. The Morgan fingerprint density at radius 2 is 1.74 bits per heavy atom. The van der Waals surface area contributed by atoms with E-state index in [4.69, 9.17) is 9.47 Å². The normalized spacial score (nSPS) is 16.2. The Labute approximate surface area is 277 Å². The summed E-state index contributed by atoms with van der Waals surface area (Å²) in [5.74, 6) is 1.42. The molecule has 3 aromatic carbocycles. The van der Waals surface area contributed by atoms with Gasteiger partial charge in [-0.15, -0.1) is 0 Å². The molecule has 10 nitrogen and oxygen atoms in total. The summed E-state index contributed by atoms with van der Waals surface area (Å²) in [4.78, 5) is 37.6. The molecule has 1 aromatic heterocycles.